The summed E-state index contributed by atoms with van der Waals surface area (Å²) in [5, 5.41) is 5.60. The van der Waals surface area contributed by atoms with Gasteiger partial charge in [-0.2, -0.15) is 4.98 Å². The van der Waals surface area contributed by atoms with Gasteiger partial charge in [0.15, 0.2) is 11.0 Å². The Morgan fingerprint density at radius 1 is 1.30 bits per heavy atom. The second-order valence-electron chi connectivity index (χ2n) is 7.38. The maximum Gasteiger partial charge on any atom is 0.263 e. The molecule has 4 rings (SSSR count). The van der Waals surface area contributed by atoms with E-state index < -0.39 is 0 Å². The molecule has 0 amide bonds. The van der Waals surface area contributed by atoms with Crippen molar-refractivity contribution < 1.29 is 4.52 Å². The van der Waals surface area contributed by atoms with Crippen LogP contribution in [0.4, 0.5) is 0 Å². The van der Waals surface area contributed by atoms with Gasteiger partial charge in [0.05, 0.1) is 11.1 Å². The van der Waals surface area contributed by atoms with Crippen LogP contribution in [0.5, 0.6) is 0 Å². The van der Waals surface area contributed by atoms with Crippen molar-refractivity contribution in [2.75, 3.05) is 0 Å². The van der Waals surface area contributed by atoms with Crippen molar-refractivity contribution >= 4 is 33.3 Å². The summed E-state index contributed by atoms with van der Waals surface area (Å²) in [6.07, 6.45) is 5.03. The Morgan fingerprint density at radius 2 is 2.15 bits per heavy atom. The third-order valence-corrected chi connectivity index (χ3v) is 6.79. The molecule has 1 aliphatic carbocycles. The second-order valence-corrected chi connectivity index (χ2v) is 9.41. The predicted octanol–water partition coefficient (Wildman–Crippen LogP) is 4.23. The van der Waals surface area contributed by atoms with Gasteiger partial charge in [0, 0.05) is 17.8 Å². The maximum atomic E-state index is 13.3. The summed E-state index contributed by atoms with van der Waals surface area (Å²) in [5.74, 6) is 2.22. The molecule has 0 N–H and O–H groups in total. The van der Waals surface area contributed by atoms with Gasteiger partial charge in [-0.1, -0.05) is 37.7 Å². The Hall–Kier alpha value is -1.67. The molecular weight excluding hydrogens is 380 g/mol. The molecule has 8 heteroatoms. The van der Waals surface area contributed by atoms with E-state index in [-0.39, 0.29) is 5.56 Å². The number of thioether (sulfide) groups is 1. The smallest absolute Gasteiger partial charge is 0.263 e. The number of rotatable bonds is 7. The van der Waals surface area contributed by atoms with E-state index in [0.29, 0.717) is 24.1 Å². The van der Waals surface area contributed by atoms with Crippen LogP contribution < -0.4 is 5.56 Å². The predicted molar refractivity (Wildman–Crippen MR) is 109 cm³/mol. The molecule has 0 atom stereocenters. The quantitative estimate of drug-likeness (QED) is 0.433. The summed E-state index contributed by atoms with van der Waals surface area (Å²) in [6.45, 7) is 7.00. The molecule has 0 saturated carbocycles. The number of thiophene rings is 1. The van der Waals surface area contributed by atoms with Crippen LogP contribution in [0.3, 0.4) is 0 Å². The number of aromatic nitrogens is 4. The molecule has 3 aromatic rings. The minimum absolute atomic E-state index is 0.104. The van der Waals surface area contributed by atoms with Crippen molar-refractivity contribution in [2.24, 2.45) is 5.92 Å². The van der Waals surface area contributed by atoms with E-state index in [1.165, 1.54) is 22.2 Å². The highest BCUT2D eigenvalue weighted by molar-refractivity contribution is 7.98. The lowest BCUT2D eigenvalue weighted by molar-refractivity contribution is 0.384. The van der Waals surface area contributed by atoms with E-state index in [9.17, 15) is 4.79 Å². The first-order valence-electron chi connectivity index (χ1n) is 9.56. The Bertz CT molecular complexity index is 1020. The van der Waals surface area contributed by atoms with Crippen molar-refractivity contribution in [3.05, 3.63) is 32.5 Å². The van der Waals surface area contributed by atoms with E-state index in [4.69, 9.17) is 9.51 Å². The molecule has 3 aromatic heterocycles. The first-order chi connectivity index (χ1) is 13.1. The highest BCUT2D eigenvalue weighted by atomic mass is 32.2. The molecule has 6 nitrogen and oxygen atoms in total. The lowest BCUT2D eigenvalue weighted by Crippen LogP contribution is -2.25. The molecule has 0 saturated heterocycles. The maximum absolute atomic E-state index is 13.3. The average Bonchev–Trinajstić information content (AvgIpc) is 3.31. The minimum Gasteiger partial charge on any atom is -0.338 e. The fourth-order valence-corrected chi connectivity index (χ4v) is 5.64. The number of hydrogen-bond acceptors (Lipinski definition) is 7. The molecule has 0 radical (unpaired) electrons. The van der Waals surface area contributed by atoms with E-state index in [2.05, 4.69) is 30.9 Å². The highest BCUT2D eigenvalue weighted by Gasteiger charge is 2.23. The number of aryl methyl sites for hydroxylation is 3. The van der Waals surface area contributed by atoms with E-state index in [1.54, 1.807) is 11.3 Å². The fourth-order valence-electron chi connectivity index (χ4n) is 3.49. The molecule has 0 bridgehead atoms. The van der Waals surface area contributed by atoms with Gasteiger partial charge in [-0.05, 0) is 37.2 Å². The molecular formula is C19H24N4O2S2. The standard InChI is InChI=1S/C19H24N4O2S2/c1-4-6-14-20-15(25-22-14)10-26-19-21-17-16(12-7-5-8-13(12)27-17)18(24)23(19)9-11(2)3/h11H,4-10H2,1-3H3. The van der Waals surface area contributed by atoms with Crippen LogP contribution >= 0.6 is 23.1 Å². The van der Waals surface area contributed by atoms with Gasteiger partial charge in [-0.15, -0.1) is 11.3 Å². The first-order valence-corrected chi connectivity index (χ1v) is 11.4. The average molecular weight is 405 g/mol. The summed E-state index contributed by atoms with van der Waals surface area (Å²) in [6, 6.07) is 0. The van der Waals surface area contributed by atoms with E-state index >= 15 is 0 Å². The SMILES string of the molecule is CCCc1noc(CSc2nc3sc4c(c3c(=O)n2CC(C)C)CCC4)n1. The van der Waals surface area contributed by atoms with Gasteiger partial charge < -0.3 is 4.52 Å². The minimum atomic E-state index is 0.104. The van der Waals surface area contributed by atoms with Crippen molar-refractivity contribution in [1.82, 2.24) is 19.7 Å². The zero-order chi connectivity index (χ0) is 19.0. The van der Waals surface area contributed by atoms with Gasteiger partial charge in [0.2, 0.25) is 5.89 Å². The third kappa shape index (κ3) is 3.69. The molecule has 1 aliphatic rings. The van der Waals surface area contributed by atoms with Crippen LogP contribution in [0.25, 0.3) is 10.2 Å². The third-order valence-electron chi connectivity index (χ3n) is 4.65. The summed E-state index contributed by atoms with van der Waals surface area (Å²) in [4.78, 5) is 24.8. The second kappa shape index (κ2) is 7.75. The van der Waals surface area contributed by atoms with Crippen molar-refractivity contribution in [2.45, 2.75) is 70.3 Å². The van der Waals surface area contributed by atoms with Gasteiger partial charge in [0.1, 0.15) is 4.83 Å². The largest absolute Gasteiger partial charge is 0.338 e. The zero-order valence-corrected chi connectivity index (χ0v) is 17.6. The fraction of sp³-hybridized carbons (Fsp3) is 0.579. The van der Waals surface area contributed by atoms with Crippen molar-refractivity contribution in [3.8, 4) is 0 Å². The Morgan fingerprint density at radius 3 is 2.93 bits per heavy atom. The van der Waals surface area contributed by atoms with Crippen molar-refractivity contribution in [1.29, 1.82) is 0 Å². The van der Waals surface area contributed by atoms with Crippen LogP contribution in [0.1, 0.15) is 55.8 Å². The first kappa shape index (κ1) is 18.7. The van der Waals surface area contributed by atoms with Crippen LogP contribution in [0.2, 0.25) is 0 Å². The summed E-state index contributed by atoms with van der Waals surface area (Å²) in [7, 11) is 0. The van der Waals surface area contributed by atoms with E-state index in [0.717, 1.165) is 53.3 Å². The van der Waals surface area contributed by atoms with Gasteiger partial charge in [-0.3, -0.25) is 9.36 Å². The molecule has 27 heavy (non-hydrogen) atoms. The Balaban J connectivity index is 1.68. The molecule has 3 heterocycles. The highest BCUT2D eigenvalue weighted by Crippen LogP contribution is 2.36. The lowest BCUT2D eigenvalue weighted by atomic mass is 10.2. The molecule has 0 aliphatic heterocycles. The van der Waals surface area contributed by atoms with Crippen molar-refractivity contribution in [3.63, 3.8) is 0 Å². The summed E-state index contributed by atoms with van der Waals surface area (Å²) < 4.78 is 7.17. The molecule has 0 aromatic carbocycles. The number of fused-ring (bicyclic) bond motifs is 3. The van der Waals surface area contributed by atoms with Gasteiger partial charge in [-0.25, -0.2) is 4.98 Å². The summed E-state index contributed by atoms with van der Waals surface area (Å²) in [5.41, 5.74) is 1.34. The number of hydrogen-bond donors (Lipinski definition) is 0. The molecule has 0 spiro atoms. The monoisotopic (exact) mass is 404 g/mol. The number of nitrogens with zero attached hydrogens (tertiary/aromatic N) is 4. The van der Waals surface area contributed by atoms with Gasteiger partial charge in [0.25, 0.3) is 5.56 Å². The molecule has 0 unspecified atom stereocenters. The molecule has 0 fully saturated rings. The van der Waals surface area contributed by atoms with Gasteiger partial charge >= 0.3 is 0 Å². The summed E-state index contributed by atoms with van der Waals surface area (Å²) >= 11 is 3.19. The van der Waals surface area contributed by atoms with Crippen LogP contribution in [-0.4, -0.2) is 19.7 Å². The molecule has 144 valence electrons. The zero-order valence-electron chi connectivity index (χ0n) is 15.9. The van der Waals surface area contributed by atoms with Crippen LogP contribution in [-0.2, 0) is 31.6 Å². The lowest BCUT2D eigenvalue weighted by Gasteiger charge is -2.13. The van der Waals surface area contributed by atoms with E-state index in [1.807, 2.05) is 4.57 Å². The Kier molecular flexibility index (Phi) is 5.36. The normalized spacial score (nSPS) is 13.8. The topological polar surface area (TPSA) is 73.8 Å². The van der Waals surface area contributed by atoms with Crippen LogP contribution in [0.15, 0.2) is 14.5 Å². The Labute approximate surface area is 166 Å². The van der Waals surface area contributed by atoms with Crippen LogP contribution in [0, 0.1) is 5.92 Å².